The standard InChI is InChI=1S/C100H168Br2N4O2S4/c1-9-17-25-33-39-43-47-51-57-65-73-83-77-87(101)109-93(83)97-103-85(75-67-59-53-49-45-41-35-27-19-11-3)95(111-97)91-89-90(100(108)105(91)79-81(69-61-31-23-15-7)71-63-55-37-29-21-13-5)92(106(99(89)107)80-82(70-62-32-24-16-8)72-64-56-38-30-22-14-6)96-86(76-68-60-54-50-46-42-36-28-20-12-4)104-98(112-96)94-84(78-88(102)110-94)74-66-58-52-48-44-40-34-26-18-10-2/h77-78,81-82H,9-76,79-80H2,1-8H3. The molecule has 4 aromatic heterocycles. The molecule has 112 heavy (non-hydrogen) atoms. The van der Waals surface area contributed by atoms with E-state index in [0.29, 0.717) is 36.1 Å². The Morgan fingerprint density at radius 2 is 0.491 bits per heavy atom. The Morgan fingerprint density at radius 3 is 0.741 bits per heavy atom. The highest BCUT2D eigenvalue weighted by atomic mass is 79.9. The van der Waals surface area contributed by atoms with Gasteiger partial charge in [-0.25, -0.2) is 9.97 Å². The van der Waals surface area contributed by atoms with E-state index in [2.05, 4.69) is 109 Å². The summed E-state index contributed by atoms with van der Waals surface area (Å²) in [5.41, 5.74) is 8.19. The van der Waals surface area contributed by atoms with E-state index in [-0.39, 0.29) is 11.8 Å². The summed E-state index contributed by atoms with van der Waals surface area (Å²) in [6, 6.07) is 4.80. The fraction of sp³-hybridized carbons (Fsp3) is 0.800. The lowest BCUT2D eigenvalue weighted by Crippen LogP contribution is -2.35. The van der Waals surface area contributed by atoms with Crippen molar-refractivity contribution in [3.8, 4) is 19.8 Å². The van der Waals surface area contributed by atoms with Crippen molar-refractivity contribution in [2.75, 3.05) is 13.1 Å². The maximum atomic E-state index is 17.4. The van der Waals surface area contributed by atoms with E-state index in [1.54, 1.807) is 0 Å². The van der Waals surface area contributed by atoms with Gasteiger partial charge in [0.1, 0.15) is 10.0 Å². The number of fused-ring (bicyclic) bond motifs is 1. The summed E-state index contributed by atoms with van der Waals surface area (Å²) in [6.45, 7) is 19.9. The van der Waals surface area contributed by atoms with Crippen LogP contribution in [0.3, 0.4) is 0 Å². The van der Waals surface area contributed by atoms with Gasteiger partial charge in [0.15, 0.2) is 0 Å². The minimum atomic E-state index is 0.0634. The molecule has 12 heteroatoms. The maximum Gasteiger partial charge on any atom is 0.261 e. The number of nitrogens with zero attached hydrogens (tertiary/aromatic N) is 4. The first-order valence-corrected chi connectivity index (χ1v) is 53.6. The first kappa shape index (κ1) is 98.9. The number of thiazole rings is 2. The first-order chi connectivity index (χ1) is 55.1. The van der Waals surface area contributed by atoms with Crippen LogP contribution in [-0.2, 0) is 35.3 Å². The number of rotatable bonds is 76. The Hall–Kier alpha value is -1.96. The summed E-state index contributed by atoms with van der Waals surface area (Å²) >= 11 is 15.5. The molecular formula is C100H168Br2N4O2S4. The van der Waals surface area contributed by atoms with Crippen LogP contribution >= 0.6 is 77.2 Å². The van der Waals surface area contributed by atoms with Gasteiger partial charge in [-0.2, -0.15) is 0 Å². The van der Waals surface area contributed by atoms with Gasteiger partial charge in [-0.1, -0.05) is 415 Å². The van der Waals surface area contributed by atoms with Gasteiger partial charge in [0.2, 0.25) is 0 Å². The molecule has 0 bridgehead atoms. The smallest absolute Gasteiger partial charge is 0.261 e. The minimum Gasteiger partial charge on any atom is -0.306 e. The van der Waals surface area contributed by atoms with Crippen molar-refractivity contribution in [3.05, 3.63) is 63.1 Å². The Morgan fingerprint density at radius 1 is 0.277 bits per heavy atom. The molecule has 2 aliphatic rings. The third kappa shape index (κ3) is 37.4. The van der Waals surface area contributed by atoms with Crippen LogP contribution in [0.1, 0.15) is 499 Å². The second-order valence-electron chi connectivity index (χ2n) is 34.9. The highest BCUT2D eigenvalue weighted by molar-refractivity contribution is 9.11. The number of hydrogen-bond donors (Lipinski definition) is 0. The molecule has 0 aromatic carbocycles. The van der Waals surface area contributed by atoms with Crippen LogP contribution in [0.4, 0.5) is 0 Å². The topological polar surface area (TPSA) is 66.4 Å². The number of carbonyl (C=O) groups excluding carboxylic acids is 2. The normalized spacial score (nSPS) is 13.8. The van der Waals surface area contributed by atoms with Crippen molar-refractivity contribution in [2.45, 2.75) is 492 Å². The monoisotopic (exact) mass is 1740 g/mol. The molecule has 2 aliphatic heterocycles. The fourth-order valence-corrected chi connectivity index (χ4v) is 23.8. The van der Waals surface area contributed by atoms with E-state index in [9.17, 15) is 0 Å². The lowest BCUT2D eigenvalue weighted by molar-refractivity contribution is -0.124. The quantitative estimate of drug-likeness (QED) is 0.0413. The van der Waals surface area contributed by atoms with E-state index < -0.39 is 0 Å². The number of aromatic nitrogens is 2. The molecular weight excluding hydrogens is 1580 g/mol. The van der Waals surface area contributed by atoms with Gasteiger partial charge < -0.3 is 9.80 Å². The average Bonchev–Trinajstić information content (AvgIpc) is 1.54. The molecule has 0 fully saturated rings. The summed E-state index contributed by atoms with van der Waals surface area (Å²) in [6.07, 6.45) is 85.0. The summed E-state index contributed by atoms with van der Waals surface area (Å²) < 4.78 is 2.33. The number of unbranched alkanes of at least 4 members (excludes halogenated alkanes) is 52. The number of aryl methyl sites for hydroxylation is 4. The molecule has 2 unspecified atom stereocenters. The van der Waals surface area contributed by atoms with Gasteiger partial charge in [-0.05, 0) is 144 Å². The Labute approximate surface area is 723 Å². The molecule has 0 spiro atoms. The number of halogens is 2. The second kappa shape index (κ2) is 63.1. The SMILES string of the molecule is CCCCCCCCCCCCc1cc(Br)sc1-c1nc(CCCCCCCCCCCC)c(C2=C3C(=O)N(CC(CCCCCC)CCCCCCCC)C(c4sc(-c5sc(Br)cc5CCCCCCCCCCCC)nc4CCCCCCCCCCCC)=C3C(=O)N2CC(CCCCCC)CCCCCCCC)s1. The molecule has 0 aliphatic carbocycles. The molecule has 2 atom stereocenters. The van der Waals surface area contributed by atoms with E-state index >= 15 is 9.59 Å². The zero-order valence-corrected chi connectivity index (χ0v) is 80.2. The van der Waals surface area contributed by atoms with Gasteiger partial charge in [0, 0.05) is 13.1 Å². The van der Waals surface area contributed by atoms with E-state index in [1.165, 1.54) is 393 Å². The van der Waals surface area contributed by atoms with Crippen LogP contribution in [0.15, 0.2) is 30.9 Å². The van der Waals surface area contributed by atoms with Gasteiger partial charge in [0.05, 0.1) is 61.0 Å². The van der Waals surface area contributed by atoms with Gasteiger partial charge in [0.25, 0.3) is 11.8 Å². The zero-order valence-electron chi connectivity index (χ0n) is 73.8. The molecule has 0 saturated carbocycles. The number of carbonyl (C=O) groups is 2. The Kier molecular flexibility index (Phi) is 55.7. The van der Waals surface area contributed by atoms with Crippen LogP contribution in [0, 0.1) is 11.8 Å². The zero-order chi connectivity index (χ0) is 79.9. The Balaban J connectivity index is 1.58. The van der Waals surface area contributed by atoms with Gasteiger partial charge >= 0.3 is 0 Å². The van der Waals surface area contributed by atoms with E-state index in [1.807, 2.05) is 45.3 Å². The van der Waals surface area contributed by atoms with Crippen LogP contribution in [0.25, 0.3) is 31.2 Å². The third-order valence-corrected chi connectivity index (χ3v) is 30.7. The van der Waals surface area contributed by atoms with Crippen molar-refractivity contribution in [3.63, 3.8) is 0 Å². The average molecular weight is 1750 g/mol. The van der Waals surface area contributed by atoms with Crippen molar-refractivity contribution in [1.82, 2.24) is 19.8 Å². The summed E-state index contributed by atoms with van der Waals surface area (Å²) in [7, 11) is 0. The van der Waals surface area contributed by atoms with Crippen LogP contribution in [0.5, 0.6) is 0 Å². The van der Waals surface area contributed by atoms with Crippen LogP contribution in [-0.4, -0.2) is 44.7 Å². The molecule has 638 valence electrons. The van der Waals surface area contributed by atoms with Gasteiger partial charge in [-0.15, -0.1) is 45.3 Å². The number of hydrogen-bond acceptors (Lipinski definition) is 8. The first-order valence-electron chi connectivity index (χ1n) is 48.8. The molecule has 2 amide bonds. The summed E-state index contributed by atoms with van der Waals surface area (Å²) in [5.74, 6) is 0.781. The lowest BCUT2D eigenvalue weighted by atomic mass is 9.93. The number of amides is 2. The lowest BCUT2D eigenvalue weighted by Gasteiger charge is -2.30. The van der Waals surface area contributed by atoms with Crippen molar-refractivity contribution >= 4 is 100 Å². The highest BCUT2D eigenvalue weighted by Gasteiger charge is 2.51. The van der Waals surface area contributed by atoms with Crippen LogP contribution in [0.2, 0.25) is 0 Å². The molecule has 6 nitrogen and oxygen atoms in total. The van der Waals surface area contributed by atoms with Crippen molar-refractivity contribution in [2.24, 2.45) is 11.8 Å². The van der Waals surface area contributed by atoms with Crippen molar-refractivity contribution < 1.29 is 9.59 Å². The molecule has 0 N–H and O–H groups in total. The van der Waals surface area contributed by atoms with E-state index in [4.69, 9.17) is 9.97 Å². The van der Waals surface area contributed by atoms with Crippen LogP contribution < -0.4 is 0 Å². The molecule has 0 saturated heterocycles. The molecule has 4 aromatic rings. The molecule has 6 heterocycles. The fourth-order valence-electron chi connectivity index (χ4n) is 17.8. The largest absolute Gasteiger partial charge is 0.306 e. The maximum absolute atomic E-state index is 17.4. The molecule has 6 rings (SSSR count). The van der Waals surface area contributed by atoms with Gasteiger partial charge in [-0.3, -0.25) is 9.59 Å². The Bertz CT molecular complexity index is 2930. The predicted octanol–water partition coefficient (Wildman–Crippen LogP) is 35.9. The van der Waals surface area contributed by atoms with E-state index in [0.717, 1.165) is 114 Å². The third-order valence-electron chi connectivity index (χ3n) is 24.8. The minimum absolute atomic E-state index is 0.0634. The van der Waals surface area contributed by atoms with Crippen molar-refractivity contribution in [1.29, 1.82) is 0 Å². The number of thiophene rings is 2. The molecule has 0 radical (unpaired) electrons. The highest BCUT2D eigenvalue weighted by Crippen LogP contribution is 2.54. The second-order valence-corrected chi connectivity index (χ2v) is 41.8. The summed E-state index contributed by atoms with van der Waals surface area (Å²) in [5, 5.41) is 2.15. The predicted molar refractivity (Wildman–Crippen MR) is 506 cm³/mol. The summed E-state index contributed by atoms with van der Waals surface area (Å²) in [4.78, 5) is 55.9.